The van der Waals surface area contributed by atoms with Crippen molar-refractivity contribution >= 4 is 5.91 Å². The van der Waals surface area contributed by atoms with Gasteiger partial charge in [0, 0.05) is 32.4 Å². The molecular weight excluding hydrogens is 316 g/mol. The van der Waals surface area contributed by atoms with Crippen molar-refractivity contribution in [1.82, 2.24) is 4.90 Å². The number of carbonyl (C=O) groups is 1. The number of methoxy groups -OCH3 is 2. The van der Waals surface area contributed by atoms with Crippen molar-refractivity contribution in [3.8, 4) is 11.5 Å². The van der Waals surface area contributed by atoms with Crippen LogP contribution in [0.15, 0.2) is 18.2 Å². The third-order valence-corrected chi connectivity index (χ3v) is 4.63. The lowest BCUT2D eigenvalue weighted by atomic mass is 9.86. The summed E-state index contributed by atoms with van der Waals surface area (Å²) in [4.78, 5) is 14.0. The summed E-state index contributed by atoms with van der Waals surface area (Å²) in [5, 5.41) is 0. The van der Waals surface area contributed by atoms with E-state index < -0.39 is 5.92 Å². The number of amides is 1. The van der Waals surface area contributed by atoms with Crippen LogP contribution in [0.5, 0.6) is 11.5 Å². The number of carbonyl (C=O) groups excluding carboxylic acids is 1. The minimum absolute atomic E-state index is 0.0361. The second kappa shape index (κ2) is 7.81. The van der Waals surface area contributed by atoms with Crippen LogP contribution in [0.3, 0.4) is 0 Å². The summed E-state index contributed by atoms with van der Waals surface area (Å²) in [7, 11) is 4.89. The summed E-state index contributed by atoms with van der Waals surface area (Å²) in [6.07, 6.45) is 0.838. The number of rotatable bonds is 6. The van der Waals surface area contributed by atoms with E-state index in [9.17, 15) is 13.6 Å². The van der Waals surface area contributed by atoms with Crippen molar-refractivity contribution in [2.45, 2.75) is 38.0 Å². The Hall–Kier alpha value is -1.85. The number of alkyl halides is 2. The maximum atomic E-state index is 13.2. The van der Waals surface area contributed by atoms with Gasteiger partial charge in [-0.1, -0.05) is 6.07 Å². The third kappa shape index (κ3) is 4.58. The average molecular weight is 341 g/mol. The molecule has 0 radical (unpaired) electrons. The monoisotopic (exact) mass is 341 g/mol. The number of hydrogen-bond acceptors (Lipinski definition) is 3. The van der Waals surface area contributed by atoms with E-state index in [1.54, 1.807) is 26.2 Å². The molecule has 1 amide bonds. The fourth-order valence-electron chi connectivity index (χ4n) is 3.04. The highest BCUT2D eigenvalue weighted by Crippen LogP contribution is 2.36. The molecule has 6 heteroatoms. The molecule has 1 aromatic rings. The Bertz CT molecular complexity index is 567. The smallest absolute Gasteiger partial charge is 0.248 e. The third-order valence-electron chi connectivity index (χ3n) is 4.63. The molecule has 1 fully saturated rings. The van der Waals surface area contributed by atoms with Gasteiger partial charge in [0.15, 0.2) is 11.5 Å². The maximum absolute atomic E-state index is 13.2. The fourth-order valence-corrected chi connectivity index (χ4v) is 3.04. The summed E-state index contributed by atoms with van der Waals surface area (Å²) in [5.74, 6) is -1.60. The Morgan fingerprint density at radius 3 is 2.42 bits per heavy atom. The molecule has 0 aliphatic heterocycles. The van der Waals surface area contributed by atoms with Crippen molar-refractivity contribution in [2.24, 2.45) is 5.92 Å². The zero-order valence-corrected chi connectivity index (χ0v) is 14.5. The summed E-state index contributed by atoms with van der Waals surface area (Å²) in [5.41, 5.74) is 1.03. The van der Waals surface area contributed by atoms with Crippen molar-refractivity contribution in [2.75, 3.05) is 27.8 Å². The van der Waals surface area contributed by atoms with E-state index in [0.717, 1.165) is 5.56 Å². The Morgan fingerprint density at radius 2 is 1.83 bits per heavy atom. The Labute approximate surface area is 141 Å². The van der Waals surface area contributed by atoms with Crippen LogP contribution in [0.25, 0.3) is 0 Å². The molecule has 0 atom stereocenters. The molecule has 0 spiro atoms. The SMILES string of the molecule is COc1ccc(CCN(C)C(=O)C2CCC(F)(F)CC2)cc1OC. The van der Waals surface area contributed by atoms with Gasteiger partial charge in [-0.3, -0.25) is 4.79 Å². The molecule has 24 heavy (non-hydrogen) atoms. The lowest BCUT2D eigenvalue weighted by molar-refractivity contribution is -0.138. The Kier molecular flexibility index (Phi) is 6.02. The van der Waals surface area contributed by atoms with Crippen LogP contribution in [-0.2, 0) is 11.2 Å². The van der Waals surface area contributed by atoms with E-state index in [2.05, 4.69) is 0 Å². The van der Waals surface area contributed by atoms with Gasteiger partial charge in [-0.05, 0) is 37.0 Å². The quantitative estimate of drug-likeness (QED) is 0.794. The predicted octanol–water partition coefficient (Wildman–Crippen LogP) is 3.53. The van der Waals surface area contributed by atoms with Crippen LogP contribution < -0.4 is 9.47 Å². The van der Waals surface area contributed by atoms with Crippen molar-refractivity contribution in [1.29, 1.82) is 0 Å². The van der Waals surface area contributed by atoms with E-state index in [-0.39, 0.29) is 37.5 Å². The van der Waals surface area contributed by atoms with Crippen molar-refractivity contribution < 1.29 is 23.0 Å². The first kappa shape index (κ1) is 18.5. The topological polar surface area (TPSA) is 38.8 Å². The minimum Gasteiger partial charge on any atom is -0.493 e. The number of halogens is 2. The van der Waals surface area contributed by atoms with Gasteiger partial charge in [-0.2, -0.15) is 0 Å². The zero-order chi connectivity index (χ0) is 17.7. The van der Waals surface area contributed by atoms with Gasteiger partial charge < -0.3 is 14.4 Å². The summed E-state index contributed by atoms with van der Waals surface area (Å²) < 4.78 is 36.9. The highest BCUT2D eigenvalue weighted by molar-refractivity contribution is 5.78. The summed E-state index contributed by atoms with van der Waals surface area (Å²) in [6, 6.07) is 5.65. The van der Waals surface area contributed by atoms with E-state index in [1.165, 1.54) is 0 Å². The number of ether oxygens (including phenoxy) is 2. The van der Waals surface area contributed by atoms with E-state index in [1.807, 2.05) is 18.2 Å². The average Bonchev–Trinajstić information content (AvgIpc) is 2.58. The van der Waals surface area contributed by atoms with Crippen LogP contribution >= 0.6 is 0 Å². The Morgan fingerprint density at radius 1 is 1.21 bits per heavy atom. The van der Waals surface area contributed by atoms with Gasteiger partial charge in [0.2, 0.25) is 11.8 Å². The molecule has 1 aliphatic rings. The predicted molar refractivity (Wildman–Crippen MR) is 87.8 cm³/mol. The van der Waals surface area contributed by atoms with Crippen LogP contribution in [-0.4, -0.2) is 44.5 Å². The Balaban J connectivity index is 1.88. The standard InChI is InChI=1S/C18H25F2NO3/c1-21(17(22)14-6-9-18(19,20)10-7-14)11-8-13-4-5-15(23-2)16(12-13)24-3/h4-5,12,14H,6-11H2,1-3H3. The summed E-state index contributed by atoms with van der Waals surface area (Å²) in [6.45, 7) is 0.543. The first-order valence-corrected chi connectivity index (χ1v) is 8.20. The van der Waals surface area contributed by atoms with Gasteiger partial charge in [-0.15, -0.1) is 0 Å². The minimum atomic E-state index is -2.60. The molecule has 0 heterocycles. The van der Waals surface area contributed by atoms with Crippen LogP contribution in [0.4, 0.5) is 8.78 Å². The van der Waals surface area contributed by atoms with E-state index in [0.29, 0.717) is 24.5 Å². The normalized spacial score (nSPS) is 17.4. The lowest BCUT2D eigenvalue weighted by Gasteiger charge is -2.30. The van der Waals surface area contributed by atoms with Gasteiger partial charge in [0.1, 0.15) is 0 Å². The highest BCUT2D eigenvalue weighted by atomic mass is 19.3. The molecule has 134 valence electrons. The molecule has 0 saturated heterocycles. The van der Waals surface area contributed by atoms with Crippen molar-refractivity contribution in [3.05, 3.63) is 23.8 Å². The molecule has 2 rings (SSSR count). The fraction of sp³-hybridized carbons (Fsp3) is 0.611. The molecule has 0 bridgehead atoms. The second-order valence-electron chi connectivity index (χ2n) is 6.33. The lowest BCUT2D eigenvalue weighted by Crippen LogP contribution is -2.38. The van der Waals surface area contributed by atoms with Gasteiger partial charge in [-0.25, -0.2) is 8.78 Å². The largest absolute Gasteiger partial charge is 0.493 e. The first-order chi connectivity index (χ1) is 11.4. The van der Waals surface area contributed by atoms with Crippen LogP contribution in [0.1, 0.15) is 31.2 Å². The molecular formula is C18H25F2NO3. The zero-order valence-electron chi connectivity index (χ0n) is 14.5. The first-order valence-electron chi connectivity index (χ1n) is 8.20. The summed E-state index contributed by atoms with van der Waals surface area (Å²) >= 11 is 0. The molecule has 0 N–H and O–H groups in total. The van der Waals surface area contributed by atoms with Gasteiger partial charge >= 0.3 is 0 Å². The number of likely N-dealkylation sites (N-methyl/N-ethyl adjacent to an activating group) is 1. The molecule has 1 saturated carbocycles. The maximum Gasteiger partial charge on any atom is 0.248 e. The second-order valence-corrected chi connectivity index (χ2v) is 6.33. The van der Waals surface area contributed by atoms with Crippen LogP contribution in [0, 0.1) is 5.92 Å². The van der Waals surface area contributed by atoms with Gasteiger partial charge in [0.25, 0.3) is 0 Å². The van der Waals surface area contributed by atoms with E-state index in [4.69, 9.17) is 9.47 Å². The molecule has 4 nitrogen and oxygen atoms in total. The molecule has 0 unspecified atom stereocenters. The van der Waals surface area contributed by atoms with Crippen LogP contribution in [0.2, 0.25) is 0 Å². The number of nitrogens with zero attached hydrogens (tertiary/aromatic N) is 1. The number of hydrogen-bond donors (Lipinski definition) is 0. The van der Waals surface area contributed by atoms with Gasteiger partial charge in [0.05, 0.1) is 14.2 Å². The van der Waals surface area contributed by atoms with E-state index >= 15 is 0 Å². The number of benzene rings is 1. The molecule has 0 aromatic heterocycles. The molecule has 1 aromatic carbocycles. The van der Waals surface area contributed by atoms with Crippen molar-refractivity contribution in [3.63, 3.8) is 0 Å². The highest BCUT2D eigenvalue weighted by Gasteiger charge is 2.38. The molecule has 1 aliphatic carbocycles.